The van der Waals surface area contributed by atoms with Crippen LogP contribution in [0, 0.1) is 0 Å². The molecular weight excluding hydrogens is 350 g/mol. The van der Waals surface area contributed by atoms with E-state index < -0.39 is 0 Å². The van der Waals surface area contributed by atoms with Crippen molar-refractivity contribution >= 4 is 17.5 Å². The van der Waals surface area contributed by atoms with Crippen LogP contribution in [0.25, 0.3) is 16.9 Å². The molecule has 1 atom stereocenters. The van der Waals surface area contributed by atoms with Crippen LogP contribution in [0.4, 0.5) is 0 Å². The predicted octanol–water partition coefficient (Wildman–Crippen LogP) is 3.69. The fourth-order valence-corrected chi connectivity index (χ4v) is 2.73. The first-order chi connectivity index (χ1) is 12.6. The molecule has 0 saturated carbocycles. The number of amides is 1. The Hall–Kier alpha value is -2.63. The Morgan fingerprint density at radius 2 is 1.88 bits per heavy atom. The smallest absolute Gasteiger partial charge is 0.270 e. The summed E-state index contributed by atoms with van der Waals surface area (Å²) < 4.78 is 1.61. The summed E-state index contributed by atoms with van der Waals surface area (Å²) in [5, 5.41) is 17.5. The van der Waals surface area contributed by atoms with Crippen molar-refractivity contribution in [2.45, 2.75) is 19.4 Å². The molecule has 0 aliphatic heterocycles. The molecule has 2 aromatic carbocycles. The number of nitrogens with one attached hydrogen (secondary N) is 1. The molecule has 134 valence electrons. The molecule has 1 unspecified atom stereocenters. The molecule has 0 spiro atoms. The lowest BCUT2D eigenvalue weighted by Gasteiger charge is -2.14. The number of hydrogen-bond acceptors (Lipinski definition) is 3. The fourth-order valence-electron chi connectivity index (χ4n) is 2.61. The number of benzene rings is 2. The minimum Gasteiger partial charge on any atom is -0.394 e. The van der Waals surface area contributed by atoms with Gasteiger partial charge in [0.25, 0.3) is 5.91 Å². The van der Waals surface area contributed by atoms with Crippen LogP contribution < -0.4 is 5.32 Å². The summed E-state index contributed by atoms with van der Waals surface area (Å²) in [6.07, 6.45) is 0.645. The summed E-state index contributed by atoms with van der Waals surface area (Å²) >= 11 is 5.96. The molecule has 0 saturated heterocycles. The Kier molecular flexibility index (Phi) is 5.71. The number of nitrogens with zero attached hydrogens (tertiary/aromatic N) is 2. The number of rotatable bonds is 6. The van der Waals surface area contributed by atoms with Crippen molar-refractivity contribution < 1.29 is 9.90 Å². The van der Waals surface area contributed by atoms with Gasteiger partial charge in [0.15, 0.2) is 0 Å². The first-order valence-corrected chi connectivity index (χ1v) is 8.83. The normalized spacial score (nSPS) is 12.0. The second kappa shape index (κ2) is 8.17. The van der Waals surface area contributed by atoms with Gasteiger partial charge < -0.3 is 10.4 Å². The van der Waals surface area contributed by atoms with Crippen LogP contribution >= 0.6 is 11.6 Å². The SMILES string of the molecule is CCC(CO)NC(=O)c1cc(-c2ccc(Cl)cc2)nn1-c1ccccc1. The van der Waals surface area contributed by atoms with Gasteiger partial charge >= 0.3 is 0 Å². The van der Waals surface area contributed by atoms with Crippen LogP contribution in [0.15, 0.2) is 60.7 Å². The fraction of sp³-hybridized carbons (Fsp3) is 0.200. The monoisotopic (exact) mass is 369 g/mol. The molecule has 3 rings (SSSR count). The molecule has 26 heavy (non-hydrogen) atoms. The third-order valence-electron chi connectivity index (χ3n) is 4.13. The highest BCUT2D eigenvalue weighted by atomic mass is 35.5. The minimum atomic E-state index is -0.291. The Labute approximate surface area is 157 Å². The van der Waals surface area contributed by atoms with Crippen LogP contribution in [-0.4, -0.2) is 33.4 Å². The molecule has 1 amide bonds. The quantitative estimate of drug-likeness (QED) is 0.696. The summed E-state index contributed by atoms with van der Waals surface area (Å²) in [4.78, 5) is 12.8. The van der Waals surface area contributed by atoms with Crippen LogP contribution in [0.2, 0.25) is 5.02 Å². The number of aliphatic hydroxyl groups is 1. The molecule has 0 fully saturated rings. The van der Waals surface area contributed by atoms with Crippen molar-refractivity contribution in [3.8, 4) is 16.9 Å². The maximum absolute atomic E-state index is 12.8. The molecule has 5 nitrogen and oxygen atoms in total. The number of halogens is 1. The van der Waals surface area contributed by atoms with Gasteiger partial charge in [-0.2, -0.15) is 5.10 Å². The van der Waals surface area contributed by atoms with E-state index in [1.54, 1.807) is 22.9 Å². The number of hydrogen-bond donors (Lipinski definition) is 2. The molecule has 1 heterocycles. The van der Waals surface area contributed by atoms with E-state index in [9.17, 15) is 9.90 Å². The summed E-state index contributed by atoms with van der Waals surface area (Å²) in [5.74, 6) is -0.275. The summed E-state index contributed by atoms with van der Waals surface area (Å²) in [7, 11) is 0. The minimum absolute atomic E-state index is 0.105. The van der Waals surface area contributed by atoms with E-state index in [2.05, 4.69) is 10.4 Å². The molecule has 0 aliphatic rings. The molecular formula is C20H20ClN3O2. The molecule has 6 heteroatoms. The van der Waals surface area contributed by atoms with Crippen LogP contribution in [0.5, 0.6) is 0 Å². The first-order valence-electron chi connectivity index (χ1n) is 8.45. The largest absolute Gasteiger partial charge is 0.394 e. The topological polar surface area (TPSA) is 67.2 Å². The summed E-state index contributed by atoms with van der Waals surface area (Å²) in [5.41, 5.74) is 2.74. The highest BCUT2D eigenvalue weighted by molar-refractivity contribution is 6.30. The van der Waals surface area contributed by atoms with Gasteiger partial charge in [0.05, 0.1) is 24.0 Å². The van der Waals surface area contributed by atoms with Crippen molar-refractivity contribution in [2.24, 2.45) is 0 Å². The van der Waals surface area contributed by atoms with E-state index in [0.717, 1.165) is 11.3 Å². The third-order valence-corrected chi connectivity index (χ3v) is 4.38. The second-order valence-corrected chi connectivity index (χ2v) is 6.37. The maximum atomic E-state index is 12.8. The van der Waals surface area contributed by atoms with Gasteiger partial charge in [-0.3, -0.25) is 4.79 Å². The first kappa shape index (κ1) is 18.2. The zero-order valence-corrected chi connectivity index (χ0v) is 15.1. The maximum Gasteiger partial charge on any atom is 0.270 e. The molecule has 0 bridgehead atoms. The molecule has 1 aromatic heterocycles. The number of para-hydroxylation sites is 1. The average Bonchev–Trinajstić information content (AvgIpc) is 3.13. The van der Waals surface area contributed by atoms with Gasteiger partial charge in [0.2, 0.25) is 0 Å². The van der Waals surface area contributed by atoms with Crippen molar-refractivity contribution in [3.05, 3.63) is 71.4 Å². The molecule has 0 aliphatic carbocycles. The Balaban J connectivity index is 2.03. The summed E-state index contributed by atoms with van der Waals surface area (Å²) in [6, 6.07) is 18.2. The van der Waals surface area contributed by atoms with Gasteiger partial charge in [-0.05, 0) is 36.8 Å². The van der Waals surface area contributed by atoms with E-state index >= 15 is 0 Å². The van der Waals surface area contributed by atoms with Gasteiger partial charge in [0, 0.05) is 10.6 Å². The van der Waals surface area contributed by atoms with Crippen molar-refractivity contribution in [1.29, 1.82) is 0 Å². The zero-order valence-electron chi connectivity index (χ0n) is 14.4. The molecule has 3 aromatic rings. The zero-order chi connectivity index (χ0) is 18.5. The lowest BCUT2D eigenvalue weighted by molar-refractivity contribution is 0.0907. The van der Waals surface area contributed by atoms with Crippen LogP contribution in [0.1, 0.15) is 23.8 Å². The lowest BCUT2D eigenvalue weighted by Crippen LogP contribution is -2.37. The van der Waals surface area contributed by atoms with Crippen molar-refractivity contribution in [2.75, 3.05) is 6.61 Å². The Morgan fingerprint density at radius 1 is 1.19 bits per heavy atom. The molecule has 0 radical (unpaired) electrons. The molecule has 2 N–H and O–H groups in total. The lowest BCUT2D eigenvalue weighted by atomic mass is 10.1. The van der Waals surface area contributed by atoms with Crippen molar-refractivity contribution in [1.82, 2.24) is 15.1 Å². The Morgan fingerprint density at radius 3 is 2.50 bits per heavy atom. The number of carbonyl (C=O) groups is 1. The van der Waals surface area contributed by atoms with Gasteiger partial charge in [-0.25, -0.2) is 4.68 Å². The number of aromatic nitrogens is 2. The van der Waals surface area contributed by atoms with E-state index in [1.165, 1.54) is 0 Å². The van der Waals surface area contributed by atoms with Gasteiger partial charge in [-0.15, -0.1) is 0 Å². The van der Waals surface area contributed by atoms with Crippen LogP contribution in [-0.2, 0) is 0 Å². The average molecular weight is 370 g/mol. The van der Waals surface area contributed by atoms with Gasteiger partial charge in [-0.1, -0.05) is 48.9 Å². The van der Waals surface area contributed by atoms with Crippen LogP contribution in [0.3, 0.4) is 0 Å². The van der Waals surface area contributed by atoms with E-state index in [0.29, 0.717) is 22.8 Å². The second-order valence-electron chi connectivity index (χ2n) is 5.93. The van der Waals surface area contributed by atoms with E-state index in [4.69, 9.17) is 11.6 Å². The van der Waals surface area contributed by atoms with E-state index in [1.807, 2.05) is 49.4 Å². The highest BCUT2D eigenvalue weighted by Gasteiger charge is 2.19. The number of carbonyl (C=O) groups excluding carboxylic acids is 1. The third kappa shape index (κ3) is 3.95. The van der Waals surface area contributed by atoms with Crippen molar-refractivity contribution in [3.63, 3.8) is 0 Å². The predicted molar refractivity (Wildman–Crippen MR) is 103 cm³/mol. The van der Waals surface area contributed by atoms with Gasteiger partial charge in [0.1, 0.15) is 5.69 Å². The number of aliphatic hydroxyl groups excluding tert-OH is 1. The summed E-state index contributed by atoms with van der Waals surface area (Å²) in [6.45, 7) is 1.81. The standard InChI is InChI=1S/C20H20ClN3O2/c1-2-16(13-25)22-20(26)19-12-18(14-8-10-15(21)11-9-14)23-24(19)17-6-4-3-5-7-17/h3-12,16,25H,2,13H2,1H3,(H,22,26). The highest BCUT2D eigenvalue weighted by Crippen LogP contribution is 2.23. The Bertz CT molecular complexity index is 872. The van der Waals surface area contributed by atoms with E-state index in [-0.39, 0.29) is 18.6 Å².